The molecule has 1 aromatic heterocycles. The van der Waals surface area contributed by atoms with Crippen LogP contribution in [0.3, 0.4) is 0 Å². The Morgan fingerprint density at radius 1 is 1.32 bits per heavy atom. The Kier molecular flexibility index (Phi) is 5.01. The summed E-state index contributed by atoms with van der Waals surface area (Å²) in [6.07, 6.45) is 2.21. The topological polar surface area (TPSA) is 48.9 Å². The van der Waals surface area contributed by atoms with Crippen LogP contribution in [0.1, 0.15) is 18.4 Å². The van der Waals surface area contributed by atoms with Gasteiger partial charge in [-0.2, -0.15) is 0 Å². The van der Waals surface area contributed by atoms with Gasteiger partial charge in [0.2, 0.25) is 0 Å². The van der Waals surface area contributed by atoms with Crippen LogP contribution in [0.25, 0.3) is 0 Å². The van der Waals surface area contributed by atoms with Gasteiger partial charge in [-0.1, -0.05) is 12.1 Å². The number of benzene rings is 1. The maximum atomic E-state index is 5.20. The van der Waals surface area contributed by atoms with Crippen LogP contribution in [0.5, 0.6) is 0 Å². The van der Waals surface area contributed by atoms with Gasteiger partial charge < -0.3 is 20.3 Å². The smallest absolute Gasteiger partial charge is 0.139 e. The number of thiophene rings is 1. The summed E-state index contributed by atoms with van der Waals surface area (Å²) in [5.41, 5.74) is 3.29. The van der Waals surface area contributed by atoms with Gasteiger partial charge in [0.05, 0.1) is 16.9 Å². The monoisotopic (exact) mass is 356 g/mol. The van der Waals surface area contributed by atoms with E-state index in [-0.39, 0.29) is 0 Å². The third kappa shape index (κ3) is 3.56. The van der Waals surface area contributed by atoms with Crippen LogP contribution in [0.4, 0.5) is 16.4 Å². The van der Waals surface area contributed by atoms with Crippen LogP contribution in [-0.2, 0) is 4.74 Å². The van der Waals surface area contributed by atoms with Crippen molar-refractivity contribution < 1.29 is 4.74 Å². The Bertz CT molecular complexity index is 757. The van der Waals surface area contributed by atoms with Gasteiger partial charge in [0.15, 0.2) is 0 Å². The molecule has 0 spiro atoms. The van der Waals surface area contributed by atoms with Crippen molar-refractivity contribution in [3.8, 4) is 0 Å². The number of fused-ring (bicyclic) bond motifs is 2. The number of methoxy groups -OCH3 is 1. The molecule has 4 rings (SSSR count). The Labute approximate surface area is 152 Å². The number of piperazine rings is 1. The van der Waals surface area contributed by atoms with Gasteiger partial charge in [0, 0.05) is 39.4 Å². The zero-order chi connectivity index (χ0) is 17.1. The van der Waals surface area contributed by atoms with E-state index in [1.165, 1.54) is 10.6 Å². The second kappa shape index (κ2) is 7.56. The lowest BCUT2D eigenvalue weighted by molar-refractivity contribution is 0.182. The summed E-state index contributed by atoms with van der Waals surface area (Å²) in [5, 5.41) is 10.5. The van der Waals surface area contributed by atoms with Crippen molar-refractivity contribution in [2.24, 2.45) is 4.99 Å². The average molecular weight is 356 g/mol. The summed E-state index contributed by atoms with van der Waals surface area (Å²) in [6.45, 7) is 3.79. The highest BCUT2D eigenvalue weighted by molar-refractivity contribution is 7.14. The van der Waals surface area contributed by atoms with Crippen molar-refractivity contribution in [1.29, 1.82) is 0 Å². The first kappa shape index (κ1) is 16.6. The molecule has 1 aromatic carbocycles. The van der Waals surface area contributed by atoms with Crippen molar-refractivity contribution in [2.75, 3.05) is 38.7 Å². The largest absolute Gasteiger partial charge is 0.385 e. The fourth-order valence-corrected chi connectivity index (χ4v) is 4.28. The standard InChI is InChI=1S/C19H24N4OS/c1-24-11-4-5-14-13-23(10-9-20-14)18-15-8-12-25-19(15)22-17-7-3-2-6-16(17)21-18/h2-3,6-8,12,14,20,22H,4-5,9-11,13H2,1H3/t14-/m0/s1. The molecular weight excluding hydrogens is 332 g/mol. The van der Waals surface area contributed by atoms with Crippen LogP contribution in [0.2, 0.25) is 0 Å². The second-order valence-corrected chi connectivity index (χ2v) is 7.39. The number of amidine groups is 1. The number of para-hydroxylation sites is 2. The van der Waals surface area contributed by atoms with Gasteiger partial charge in [-0.3, -0.25) is 0 Å². The van der Waals surface area contributed by atoms with Gasteiger partial charge in [-0.05, 0) is 36.4 Å². The number of aliphatic imine (C=N–C) groups is 1. The summed E-state index contributed by atoms with van der Waals surface area (Å²) >= 11 is 1.74. The quantitative estimate of drug-likeness (QED) is 0.822. The zero-order valence-electron chi connectivity index (χ0n) is 14.5. The third-order valence-electron chi connectivity index (χ3n) is 4.74. The summed E-state index contributed by atoms with van der Waals surface area (Å²) in [4.78, 5) is 7.48. The molecule has 0 saturated carbocycles. The van der Waals surface area contributed by atoms with Gasteiger partial charge in [-0.15, -0.1) is 11.3 Å². The van der Waals surface area contributed by atoms with Crippen molar-refractivity contribution in [3.63, 3.8) is 0 Å². The minimum Gasteiger partial charge on any atom is -0.385 e. The highest BCUT2D eigenvalue weighted by Crippen LogP contribution is 2.37. The number of nitrogens with one attached hydrogen (secondary N) is 2. The van der Waals surface area contributed by atoms with Crippen molar-refractivity contribution in [1.82, 2.24) is 10.2 Å². The Morgan fingerprint density at radius 3 is 3.16 bits per heavy atom. The first-order chi connectivity index (χ1) is 12.3. The van der Waals surface area contributed by atoms with E-state index >= 15 is 0 Å². The number of hydrogen-bond donors (Lipinski definition) is 2. The van der Waals surface area contributed by atoms with Crippen molar-refractivity contribution >= 4 is 33.5 Å². The number of ether oxygens (including phenoxy) is 1. The number of hydrogen-bond acceptors (Lipinski definition) is 6. The average Bonchev–Trinajstić information content (AvgIpc) is 3.03. The van der Waals surface area contributed by atoms with E-state index in [0.717, 1.165) is 56.3 Å². The Hall–Kier alpha value is -1.89. The fraction of sp³-hybridized carbons (Fsp3) is 0.421. The molecular formula is C19H24N4OS. The molecule has 3 heterocycles. The molecule has 0 bridgehead atoms. The molecule has 2 aromatic rings. The predicted octanol–water partition coefficient (Wildman–Crippen LogP) is 3.58. The van der Waals surface area contributed by atoms with Gasteiger partial charge >= 0.3 is 0 Å². The van der Waals surface area contributed by atoms with Gasteiger partial charge in [0.1, 0.15) is 10.8 Å². The molecule has 0 radical (unpaired) electrons. The molecule has 5 nitrogen and oxygen atoms in total. The predicted molar refractivity (Wildman–Crippen MR) is 105 cm³/mol. The van der Waals surface area contributed by atoms with Gasteiger partial charge in [-0.25, -0.2) is 4.99 Å². The molecule has 0 aliphatic carbocycles. The van der Waals surface area contributed by atoms with Crippen molar-refractivity contribution in [3.05, 3.63) is 41.3 Å². The van der Waals surface area contributed by atoms with E-state index in [1.807, 2.05) is 6.07 Å². The van der Waals surface area contributed by atoms with E-state index < -0.39 is 0 Å². The molecule has 1 atom stereocenters. The van der Waals surface area contributed by atoms with E-state index in [0.29, 0.717) is 6.04 Å². The lowest BCUT2D eigenvalue weighted by Gasteiger charge is -2.35. The molecule has 2 aliphatic heterocycles. The molecule has 2 aliphatic rings. The van der Waals surface area contributed by atoms with E-state index in [9.17, 15) is 0 Å². The summed E-state index contributed by atoms with van der Waals surface area (Å²) in [7, 11) is 1.77. The van der Waals surface area contributed by atoms with E-state index in [1.54, 1.807) is 18.4 Å². The fourth-order valence-electron chi connectivity index (χ4n) is 3.48. The minimum atomic E-state index is 0.486. The molecule has 132 valence electrons. The summed E-state index contributed by atoms with van der Waals surface area (Å²) in [6, 6.07) is 10.9. The summed E-state index contributed by atoms with van der Waals surface area (Å²) in [5.74, 6) is 1.09. The molecule has 25 heavy (non-hydrogen) atoms. The maximum absolute atomic E-state index is 5.20. The lowest BCUT2D eigenvalue weighted by Crippen LogP contribution is -2.52. The molecule has 1 fully saturated rings. The third-order valence-corrected chi connectivity index (χ3v) is 5.57. The van der Waals surface area contributed by atoms with Crippen LogP contribution < -0.4 is 10.6 Å². The Balaban J connectivity index is 1.61. The van der Waals surface area contributed by atoms with E-state index in [2.05, 4.69) is 45.2 Å². The van der Waals surface area contributed by atoms with Crippen molar-refractivity contribution in [2.45, 2.75) is 18.9 Å². The zero-order valence-corrected chi connectivity index (χ0v) is 15.3. The van der Waals surface area contributed by atoms with Crippen LogP contribution in [-0.4, -0.2) is 50.1 Å². The molecule has 0 unspecified atom stereocenters. The first-order valence-corrected chi connectivity index (χ1v) is 9.73. The molecule has 0 amide bonds. The number of rotatable bonds is 4. The van der Waals surface area contributed by atoms with Crippen LogP contribution in [0.15, 0.2) is 40.7 Å². The maximum Gasteiger partial charge on any atom is 0.139 e. The number of nitrogens with zero attached hydrogens (tertiary/aromatic N) is 2. The van der Waals surface area contributed by atoms with Crippen LogP contribution in [0, 0.1) is 0 Å². The highest BCUT2D eigenvalue weighted by Gasteiger charge is 2.26. The molecule has 1 saturated heterocycles. The first-order valence-electron chi connectivity index (χ1n) is 8.85. The molecule has 2 N–H and O–H groups in total. The SMILES string of the molecule is COCCC[C@H]1CN(C2=Nc3ccccc3Nc3sccc32)CCN1. The number of anilines is 2. The Morgan fingerprint density at radius 2 is 2.24 bits per heavy atom. The minimum absolute atomic E-state index is 0.486. The normalized spacial score (nSPS) is 19.5. The van der Waals surface area contributed by atoms with E-state index in [4.69, 9.17) is 9.73 Å². The lowest BCUT2D eigenvalue weighted by atomic mass is 10.1. The molecule has 6 heteroatoms. The van der Waals surface area contributed by atoms with Crippen LogP contribution >= 0.6 is 11.3 Å². The summed E-state index contributed by atoms with van der Waals surface area (Å²) < 4.78 is 5.20. The second-order valence-electron chi connectivity index (χ2n) is 6.47. The van der Waals surface area contributed by atoms with Gasteiger partial charge in [0.25, 0.3) is 0 Å². The highest BCUT2D eigenvalue weighted by atomic mass is 32.1.